The van der Waals surface area contributed by atoms with Crippen LogP contribution in [0.4, 0.5) is 4.39 Å². The molecule has 14 heteroatoms. The number of hydroxylamine groups is 1. The van der Waals surface area contributed by atoms with Crippen LogP contribution in [0.3, 0.4) is 0 Å². The van der Waals surface area contributed by atoms with Gasteiger partial charge in [-0.1, -0.05) is 53.4 Å². The van der Waals surface area contributed by atoms with Crippen molar-refractivity contribution in [2.45, 2.75) is 50.6 Å². The Morgan fingerprint density at radius 3 is 2.48 bits per heavy atom. The fourth-order valence-corrected chi connectivity index (χ4v) is 5.05. The van der Waals surface area contributed by atoms with Gasteiger partial charge in [0.2, 0.25) is 0 Å². The van der Waals surface area contributed by atoms with Crippen LogP contribution in [0.2, 0.25) is 0 Å². The SMILES string of the molecule is C[C@H](C(=O)OCc1ccccc1)N(OC[C@H]1O[C@@H](n2ccc(=O)[nH]c2=O)[C@](C)(F)[C@@H]1O)[PH](=O)Oc1ccccc1. The van der Waals surface area contributed by atoms with E-state index < -0.39 is 62.2 Å². The molecule has 40 heavy (non-hydrogen) atoms. The van der Waals surface area contributed by atoms with Crippen LogP contribution < -0.4 is 15.8 Å². The zero-order chi connectivity index (χ0) is 28.9. The second-order valence-corrected chi connectivity index (χ2v) is 10.4. The summed E-state index contributed by atoms with van der Waals surface area (Å²) in [5.74, 6) is -0.532. The lowest BCUT2D eigenvalue weighted by Gasteiger charge is -2.27. The quantitative estimate of drug-likeness (QED) is 0.198. The predicted molar refractivity (Wildman–Crippen MR) is 140 cm³/mol. The van der Waals surface area contributed by atoms with E-state index in [2.05, 4.69) is 0 Å². The molecule has 3 aromatic rings. The van der Waals surface area contributed by atoms with Gasteiger partial charge in [-0.2, -0.15) is 0 Å². The number of nitrogens with zero attached hydrogens (tertiary/aromatic N) is 2. The Hall–Kier alpha value is -3.61. The third kappa shape index (κ3) is 6.75. The number of rotatable bonds is 11. The third-order valence-electron chi connectivity index (χ3n) is 6.24. The Bertz CT molecular complexity index is 1430. The maximum Gasteiger partial charge on any atom is 0.331 e. The highest BCUT2D eigenvalue weighted by Gasteiger charge is 2.55. The molecule has 0 radical (unpaired) electrons. The Labute approximate surface area is 228 Å². The molecule has 2 aromatic carbocycles. The number of H-pyrrole nitrogens is 1. The fraction of sp³-hybridized carbons (Fsp3) is 0.346. The van der Waals surface area contributed by atoms with Crippen molar-refractivity contribution < 1.29 is 37.7 Å². The number of hydrogen-bond donors (Lipinski definition) is 2. The number of hydrogen-bond acceptors (Lipinski definition) is 9. The summed E-state index contributed by atoms with van der Waals surface area (Å²) in [6, 6.07) is 16.9. The summed E-state index contributed by atoms with van der Waals surface area (Å²) in [4.78, 5) is 44.9. The zero-order valence-corrected chi connectivity index (χ0v) is 22.6. The van der Waals surface area contributed by atoms with Crippen LogP contribution in [0.5, 0.6) is 5.75 Å². The molecule has 0 amide bonds. The Morgan fingerprint density at radius 2 is 1.82 bits per heavy atom. The summed E-state index contributed by atoms with van der Waals surface area (Å²) < 4.78 is 46.0. The van der Waals surface area contributed by atoms with Gasteiger partial charge in [0.15, 0.2) is 11.9 Å². The van der Waals surface area contributed by atoms with E-state index in [4.69, 9.17) is 18.8 Å². The maximum atomic E-state index is 15.6. The van der Waals surface area contributed by atoms with E-state index in [9.17, 15) is 24.1 Å². The van der Waals surface area contributed by atoms with Crippen molar-refractivity contribution in [3.8, 4) is 5.75 Å². The number of benzene rings is 2. The van der Waals surface area contributed by atoms with E-state index >= 15 is 4.39 Å². The summed E-state index contributed by atoms with van der Waals surface area (Å²) in [7, 11) is -3.28. The van der Waals surface area contributed by atoms with Gasteiger partial charge < -0.3 is 19.1 Å². The first kappa shape index (κ1) is 29.4. The van der Waals surface area contributed by atoms with Crippen molar-refractivity contribution in [3.63, 3.8) is 0 Å². The highest BCUT2D eigenvalue weighted by Crippen LogP contribution is 2.41. The molecule has 1 aromatic heterocycles. The molecule has 2 N–H and O–H groups in total. The molecule has 0 saturated carbocycles. The van der Waals surface area contributed by atoms with Crippen LogP contribution in [0.25, 0.3) is 0 Å². The van der Waals surface area contributed by atoms with Gasteiger partial charge in [-0.3, -0.25) is 28.5 Å². The Balaban J connectivity index is 1.49. The largest absolute Gasteiger partial charge is 0.460 e. The fourth-order valence-electron chi connectivity index (χ4n) is 4.02. The number of para-hydroxylation sites is 1. The van der Waals surface area contributed by atoms with E-state index in [-0.39, 0.29) is 12.4 Å². The molecule has 12 nitrogen and oxygen atoms in total. The molecular formula is C26H29FN3O9P. The molecule has 0 aliphatic carbocycles. The monoisotopic (exact) mass is 577 g/mol. The van der Waals surface area contributed by atoms with Crippen LogP contribution in [0, 0.1) is 0 Å². The van der Waals surface area contributed by atoms with Gasteiger partial charge in [-0.25, -0.2) is 9.18 Å². The van der Waals surface area contributed by atoms with Crippen molar-refractivity contribution >= 4 is 14.1 Å². The third-order valence-corrected chi connectivity index (χ3v) is 7.53. The van der Waals surface area contributed by atoms with Gasteiger partial charge >= 0.3 is 19.8 Å². The zero-order valence-electron chi connectivity index (χ0n) is 21.6. The normalized spacial score (nSPS) is 24.0. The number of alkyl halides is 1. The molecular weight excluding hydrogens is 548 g/mol. The number of aromatic nitrogens is 2. The number of ether oxygens (including phenoxy) is 2. The molecule has 1 aliphatic heterocycles. The number of carbonyl (C=O) groups excluding carboxylic acids is 1. The number of aliphatic hydroxyl groups is 1. The first-order valence-electron chi connectivity index (χ1n) is 12.3. The van der Waals surface area contributed by atoms with Crippen LogP contribution in [-0.2, 0) is 30.3 Å². The smallest absolute Gasteiger partial charge is 0.331 e. The second kappa shape index (κ2) is 12.7. The average molecular weight is 578 g/mol. The minimum absolute atomic E-state index is 0.0431. The molecule has 4 rings (SSSR count). The van der Waals surface area contributed by atoms with Crippen molar-refractivity contribution in [1.29, 1.82) is 0 Å². The molecule has 0 bridgehead atoms. The number of halogens is 1. The van der Waals surface area contributed by atoms with E-state index in [1.165, 1.54) is 6.92 Å². The summed E-state index contributed by atoms with van der Waals surface area (Å²) in [5.41, 5.74) is -3.37. The molecule has 1 saturated heterocycles. The van der Waals surface area contributed by atoms with Crippen molar-refractivity contribution in [1.82, 2.24) is 14.4 Å². The summed E-state index contributed by atoms with van der Waals surface area (Å²) in [6.45, 7) is 1.80. The van der Waals surface area contributed by atoms with Gasteiger partial charge in [0.1, 0.15) is 30.6 Å². The van der Waals surface area contributed by atoms with E-state index in [0.717, 1.165) is 34.2 Å². The lowest BCUT2D eigenvalue weighted by atomic mass is 9.98. The van der Waals surface area contributed by atoms with Crippen LogP contribution in [-0.4, -0.2) is 56.0 Å². The standard InChI is InChI=1S/C26H29FN3O9P/c1-17(23(33)36-15-18-9-5-3-6-10-18)30(40(35)39-19-11-7-4-8-12-19)37-16-20-22(32)26(2,27)24(38-20)29-14-13-21(31)28-25(29)34/h3-14,17,20,22,24,32,40H,15-16H2,1-2H3,(H,28,31,34)/t17-,20-,22-,24-,26-/m1/s1. The van der Waals surface area contributed by atoms with E-state index in [1.807, 2.05) is 11.1 Å². The highest BCUT2D eigenvalue weighted by atomic mass is 31.1. The van der Waals surface area contributed by atoms with E-state index in [0.29, 0.717) is 0 Å². The van der Waals surface area contributed by atoms with Gasteiger partial charge in [0, 0.05) is 12.3 Å². The van der Waals surface area contributed by atoms with Crippen molar-refractivity contribution in [2.75, 3.05) is 6.61 Å². The van der Waals surface area contributed by atoms with Crippen LogP contribution in [0.1, 0.15) is 25.6 Å². The molecule has 6 atom stereocenters. The molecule has 2 heterocycles. The summed E-state index contributed by atoms with van der Waals surface area (Å²) >= 11 is 0. The van der Waals surface area contributed by atoms with Gasteiger partial charge in [-0.15, -0.1) is 0 Å². The minimum Gasteiger partial charge on any atom is -0.460 e. The van der Waals surface area contributed by atoms with Crippen LogP contribution >= 0.6 is 8.18 Å². The van der Waals surface area contributed by atoms with Gasteiger partial charge in [-0.05, 0) is 31.5 Å². The predicted octanol–water partition coefficient (Wildman–Crippen LogP) is 2.36. The Kier molecular flexibility index (Phi) is 9.33. The summed E-state index contributed by atoms with van der Waals surface area (Å²) in [5, 5.41) is 10.7. The number of aliphatic hydroxyl groups excluding tert-OH is 1. The summed E-state index contributed by atoms with van der Waals surface area (Å²) in [6.07, 6.45) is -3.72. The number of nitrogens with one attached hydrogen (secondary N) is 1. The topological polar surface area (TPSA) is 149 Å². The van der Waals surface area contributed by atoms with Crippen molar-refractivity contribution in [2.24, 2.45) is 0 Å². The highest BCUT2D eigenvalue weighted by molar-refractivity contribution is 7.36. The first-order valence-corrected chi connectivity index (χ1v) is 13.6. The Morgan fingerprint density at radius 1 is 1.18 bits per heavy atom. The van der Waals surface area contributed by atoms with Gasteiger partial charge in [0.05, 0.1) is 6.61 Å². The molecule has 1 aliphatic rings. The number of esters is 1. The van der Waals surface area contributed by atoms with Crippen LogP contribution in [0.15, 0.2) is 82.5 Å². The van der Waals surface area contributed by atoms with Crippen molar-refractivity contribution in [3.05, 3.63) is 99.3 Å². The molecule has 1 fully saturated rings. The van der Waals surface area contributed by atoms with Gasteiger partial charge in [0.25, 0.3) is 5.56 Å². The lowest BCUT2D eigenvalue weighted by Crippen LogP contribution is -2.44. The van der Waals surface area contributed by atoms with E-state index in [1.54, 1.807) is 54.6 Å². The molecule has 0 spiro atoms. The average Bonchev–Trinajstić information content (AvgIpc) is 3.16. The molecule has 214 valence electrons. The molecule has 1 unspecified atom stereocenters. The second-order valence-electron chi connectivity index (χ2n) is 9.21. The minimum atomic E-state index is -3.28. The number of aromatic amines is 1. The lowest BCUT2D eigenvalue weighted by molar-refractivity contribution is -0.181. The first-order chi connectivity index (χ1) is 19.1. The maximum absolute atomic E-state index is 15.6. The number of carbonyl (C=O) groups is 1.